The van der Waals surface area contributed by atoms with Crippen LogP contribution in [0.5, 0.6) is 0 Å². The molecule has 0 radical (unpaired) electrons. The number of fused-ring (bicyclic) bond motifs is 1. The third-order valence-electron chi connectivity index (χ3n) is 13.4. The molecule has 0 bridgehead atoms. The summed E-state index contributed by atoms with van der Waals surface area (Å²) in [6.07, 6.45) is 6.53. The molecule has 1 aromatic rings. The van der Waals surface area contributed by atoms with Gasteiger partial charge in [-0.25, -0.2) is 9.59 Å². The molecule has 1 aromatic carbocycles. The van der Waals surface area contributed by atoms with E-state index < -0.39 is 76.7 Å². The standard InChI is InChI=1S/C47H71N7O8/c1-9-16-34(38(56)41(58)48-23-10-2)49-40(57)35-26-33(62-44(61)53-24-19-31-17-12-13-18-32(31)28-53)29-54(35)42(59)39(47(8)20-14-11-15-21-47)51-43(60)50-36(45(3,4)5)30-52-25-22-46(6,7)27-37(52)55/h10,12-13,17-18,33-36,39H,2,9,11,14-16,19-30H2,1,3-8H3,(H,48,58)(H,49,57)(H2,50,51,60)/t33-,34?,35+,36-,39-/m1/s1. The monoisotopic (exact) mass is 862 g/mol. The van der Waals surface area contributed by atoms with Crippen molar-refractivity contribution < 1.29 is 38.3 Å². The zero-order valence-electron chi connectivity index (χ0n) is 38.1. The molecule has 3 heterocycles. The number of nitrogens with zero attached hydrogens (tertiary/aromatic N) is 3. The van der Waals surface area contributed by atoms with Gasteiger partial charge >= 0.3 is 12.1 Å². The fourth-order valence-electron chi connectivity index (χ4n) is 9.28. The van der Waals surface area contributed by atoms with Crippen molar-refractivity contribution in [2.75, 3.05) is 32.7 Å². The van der Waals surface area contributed by atoms with Gasteiger partial charge in [-0.05, 0) is 59.5 Å². The predicted octanol–water partition coefficient (Wildman–Crippen LogP) is 5.01. The number of ketones is 1. The van der Waals surface area contributed by atoms with E-state index in [-0.39, 0.29) is 37.3 Å². The molecule has 4 N–H and O–H groups in total. The summed E-state index contributed by atoms with van der Waals surface area (Å²) in [6.45, 7) is 19.2. The van der Waals surface area contributed by atoms with Gasteiger partial charge in [0.15, 0.2) is 0 Å². The Kier molecular flexibility index (Phi) is 15.9. The third-order valence-corrected chi connectivity index (χ3v) is 13.4. The van der Waals surface area contributed by atoms with E-state index in [2.05, 4.69) is 41.7 Å². The minimum atomic E-state index is -1.18. The van der Waals surface area contributed by atoms with E-state index in [9.17, 15) is 28.8 Å². The van der Waals surface area contributed by atoms with Crippen molar-refractivity contribution in [2.45, 2.75) is 156 Å². The highest BCUT2D eigenvalue weighted by atomic mass is 16.6. The molecule has 4 aliphatic rings. The van der Waals surface area contributed by atoms with Crippen molar-refractivity contribution in [1.29, 1.82) is 0 Å². The van der Waals surface area contributed by atoms with Gasteiger partial charge < -0.3 is 40.7 Å². The van der Waals surface area contributed by atoms with Crippen molar-refractivity contribution in [3.05, 3.63) is 48.0 Å². The van der Waals surface area contributed by atoms with Gasteiger partial charge in [-0.1, -0.05) is 104 Å². The topological polar surface area (TPSA) is 187 Å². The fraction of sp³-hybridized carbons (Fsp3) is 0.681. The number of amides is 7. The number of ether oxygens (including phenoxy) is 1. The first-order chi connectivity index (χ1) is 29.2. The molecule has 342 valence electrons. The molecule has 15 nitrogen and oxygen atoms in total. The first-order valence-electron chi connectivity index (χ1n) is 22.7. The molecule has 5 rings (SSSR count). The van der Waals surface area contributed by atoms with Crippen LogP contribution in [0.4, 0.5) is 9.59 Å². The second kappa shape index (κ2) is 20.5. The molecule has 0 spiro atoms. The minimum absolute atomic E-state index is 0.0412. The number of hydrogen-bond donors (Lipinski definition) is 4. The lowest BCUT2D eigenvalue weighted by Gasteiger charge is -2.43. The van der Waals surface area contributed by atoms with Gasteiger partial charge in [-0.3, -0.25) is 24.0 Å². The second-order valence-corrected chi connectivity index (χ2v) is 20.0. The van der Waals surface area contributed by atoms with Crippen LogP contribution in [-0.2, 0) is 41.7 Å². The van der Waals surface area contributed by atoms with E-state index in [1.54, 1.807) is 4.90 Å². The molecule has 7 amide bonds. The van der Waals surface area contributed by atoms with E-state index in [4.69, 9.17) is 4.74 Å². The van der Waals surface area contributed by atoms with Gasteiger partial charge in [0.1, 0.15) is 18.2 Å². The Morgan fingerprint density at radius 1 is 0.952 bits per heavy atom. The molecular formula is C47H71N7O8. The molecule has 3 aliphatic heterocycles. The van der Waals surface area contributed by atoms with E-state index in [0.717, 1.165) is 36.8 Å². The van der Waals surface area contributed by atoms with Crippen molar-refractivity contribution in [3.63, 3.8) is 0 Å². The first-order valence-corrected chi connectivity index (χ1v) is 22.7. The maximum atomic E-state index is 15.2. The summed E-state index contributed by atoms with van der Waals surface area (Å²) in [7, 11) is 0. The summed E-state index contributed by atoms with van der Waals surface area (Å²) < 4.78 is 6.07. The Bertz CT molecular complexity index is 1840. The molecule has 1 aliphatic carbocycles. The van der Waals surface area contributed by atoms with Gasteiger partial charge in [0.2, 0.25) is 23.5 Å². The van der Waals surface area contributed by atoms with Gasteiger partial charge in [-0.2, -0.15) is 0 Å². The van der Waals surface area contributed by atoms with Crippen LogP contribution in [0.15, 0.2) is 36.9 Å². The van der Waals surface area contributed by atoms with Crippen LogP contribution in [0.25, 0.3) is 0 Å². The summed E-state index contributed by atoms with van der Waals surface area (Å²) in [5, 5.41) is 11.4. The molecule has 5 atom stereocenters. The lowest BCUT2D eigenvalue weighted by atomic mass is 9.70. The molecule has 1 saturated carbocycles. The second-order valence-electron chi connectivity index (χ2n) is 20.0. The lowest BCUT2D eigenvalue weighted by Crippen LogP contribution is -2.63. The molecule has 15 heteroatoms. The highest BCUT2D eigenvalue weighted by molar-refractivity contribution is 6.38. The normalized spacial score (nSPS) is 22.3. The van der Waals surface area contributed by atoms with Crippen molar-refractivity contribution in [3.8, 4) is 0 Å². The number of Topliss-reactive ketones (excluding diaryl/α,β-unsaturated/α-hetero) is 1. The number of likely N-dealkylation sites (tertiary alicyclic amines) is 2. The largest absolute Gasteiger partial charge is 0.444 e. The number of carbonyl (C=O) groups excluding carboxylic acids is 7. The van der Waals surface area contributed by atoms with Crippen LogP contribution in [0.3, 0.4) is 0 Å². The number of urea groups is 1. The number of rotatable bonds is 15. The number of carbonyl (C=O) groups is 7. The maximum Gasteiger partial charge on any atom is 0.410 e. The molecule has 62 heavy (non-hydrogen) atoms. The summed E-state index contributed by atoms with van der Waals surface area (Å²) in [5.41, 5.74) is 0.968. The van der Waals surface area contributed by atoms with Crippen molar-refractivity contribution in [2.24, 2.45) is 16.2 Å². The first kappa shape index (κ1) is 48.1. The highest BCUT2D eigenvalue weighted by Gasteiger charge is 2.50. The summed E-state index contributed by atoms with van der Waals surface area (Å²) in [4.78, 5) is 102. The molecule has 3 fully saturated rings. The quantitative estimate of drug-likeness (QED) is 0.140. The summed E-state index contributed by atoms with van der Waals surface area (Å²) >= 11 is 0. The smallest absolute Gasteiger partial charge is 0.410 e. The molecule has 2 saturated heterocycles. The predicted molar refractivity (Wildman–Crippen MR) is 235 cm³/mol. The number of nitrogens with one attached hydrogen (secondary N) is 4. The molecular weight excluding hydrogens is 791 g/mol. The van der Waals surface area contributed by atoms with Crippen molar-refractivity contribution in [1.82, 2.24) is 36.0 Å². The van der Waals surface area contributed by atoms with Crippen LogP contribution < -0.4 is 21.3 Å². The Morgan fingerprint density at radius 3 is 2.29 bits per heavy atom. The zero-order valence-corrected chi connectivity index (χ0v) is 38.1. The minimum Gasteiger partial charge on any atom is -0.444 e. The van der Waals surface area contributed by atoms with E-state index in [0.29, 0.717) is 58.3 Å². The average Bonchev–Trinajstić information content (AvgIpc) is 3.65. The molecule has 0 aromatic heterocycles. The van der Waals surface area contributed by atoms with E-state index >= 15 is 4.79 Å². The van der Waals surface area contributed by atoms with E-state index in [1.807, 2.05) is 63.8 Å². The molecule has 1 unspecified atom stereocenters. The number of hydrogen-bond acceptors (Lipinski definition) is 8. The van der Waals surface area contributed by atoms with Crippen LogP contribution in [-0.4, -0.2) is 119 Å². The van der Waals surface area contributed by atoms with Crippen molar-refractivity contribution >= 4 is 41.5 Å². The SMILES string of the molecule is C=CCNC(=O)C(=O)C(CCC)NC(=O)[C@@H]1C[C@@H](OC(=O)N2CCc3ccccc3C2)CN1C(=O)[C@@H](NC(=O)N[C@H](CN1CCC(C)(C)CC1=O)C(C)(C)C)C1(C)CCCCC1. The average molecular weight is 862 g/mol. The van der Waals surface area contributed by atoms with Crippen LogP contribution in [0.1, 0.15) is 124 Å². The van der Waals surface area contributed by atoms with Gasteiger partial charge in [0.25, 0.3) is 5.91 Å². The Hall–Kier alpha value is -4.95. The van der Waals surface area contributed by atoms with Gasteiger partial charge in [0.05, 0.1) is 18.6 Å². The third kappa shape index (κ3) is 12.1. The summed E-state index contributed by atoms with van der Waals surface area (Å²) in [6, 6.07) is 3.49. The number of piperidine rings is 1. The fourth-order valence-corrected chi connectivity index (χ4v) is 9.28. The van der Waals surface area contributed by atoms with Gasteiger partial charge in [-0.15, -0.1) is 6.58 Å². The maximum absolute atomic E-state index is 15.2. The van der Waals surface area contributed by atoms with Gasteiger partial charge in [0, 0.05) is 45.6 Å². The highest BCUT2D eigenvalue weighted by Crippen LogP contribution is 2.41. The lowest BCUT2D eigenvalue weighted by molar-refractivity contribution is -0.144. The van der Waals surface area contributed by atoms with E-state index in [1.165, 1.54) is 11.0 Å². The van der Waals surface area contributed by atoms with Crippen LogP contribution in [0, 0.1) is 16.2 Å². The Labute approximate surface area is 367 Å². The van der Waals surface area contributed by atoms with Crippen LogP contribution in [0.2, 0.25) is 0 Å². The van der Waals surface area contributed by atoms with Crippen LogP contribution >= 0.6 is 0 Å². The zero-order chi connectivity index (χ0) is 45.4. The Balaban J connectivity index is 1.41. The summed E-state index contributed by atoms with van der Waals surface area (Å²) in [5.74, 6) is -2.80. The number of benzene rings is 1. The Morgan fingerprint density at radius 2 is 1.65 bits per heavy atom.